The molecule has 4 rings (SSSR count). The van der Waals surface area contributed by atoms with Gasteiger partial charge in [0.1, 0.15) is 17.7 Å². The average Bonchev–Trinajstić information content (AvgIpc) is 3.75. The van der Waals surface area contributed by atoms with Crippen molar-refractivity contribution >= 4 is 34.0 Å². The Hall–Kier alpha value is -2.67. The fourth-order valence-corrected chi connectivity index (χ4v) is 7.38. The van der Waals surface area contributed by atoms with Gasteiger partial charge in [0.05, 0.1) is 0 Å². The van der Waals surface area contributed by atoms with Crippen LogP contribution < -0.4 is 15.8 Å². The summed E-state index contributed by atoms with van der Waals surface area (Å²) < 4.78 is 35.0. The van der Waals surface area contributed by atoms with Crippen molar-refractivity contribution in [1.29, 1.82) is 0 Å². The minimum atomic E-state index is -3.88. The van der Waals surface area contributed by atoms with Crippen molar-refractivity contribution in [2.45, 2.75) is 108 Å². The number of sulfonamides is 1. The van der Waals surface area contributed by atoms with Gasteiger partial charge in [0.15, 0.2) is 4.87 Å². The molecular formula is C27H43N5O7S. The summed E-state index contributed by atoms with van der Waals surface area (Å²) in [6.45, 7) is 5.51. The van der Waals surface area contributed by atoms with Gasteiger partial charge in [-0.05, 0) is 78.1 Å². The van der Waals surface area contributed by atoms with Crippen LogP contribution in [-0.2, 0) is 24.3 Å². The van der Waals surface area contributed by atoms with Crippen LogP contribution in [-0.4, -0.2) is 77.8 Å². The minimum Gasteiger partial charge on any atom is -0.443 e. The first-order valence-electron chi connectivity index (χ1n) is 14.4. The van der Waals surface area contributed by atoms with E-state index >= 15 is 0 Å². The largest absolute Gasteiger partial charge is 0.443 e. The zero-order chi connectivity index (χ0) is 29.3. The van der Waals surface area contributed by atoms with Gasteiger partial charge < -0.3 is 20.7 Å². The Balaban J connectivity index is 1.62. The predicted molar refractivity (Wildman–Crippen MR) is 147 cm³/mol. The summed E-state index contributed by atoms with van der Waals surface area (Å²) in [6.07, 6.45) is 8.74. The normalized spacial score (nSPS) is 30.7. The number of hydrogen-bond acceptors (Lipinski definition) is 7. The van der Waals surface area contributed by atoms with Crippen LogP contribution in [0.15, 0.2) is 12.2 Å². The number of nitrogens with one attached hydrogen (secondary N) is 2. The van der Waals surface area contributed by atoms with Crippen molar-refractivity contribution in [3.8, 4) is 0 Å². The topological polar surface area (TPSA) is 168 Å². The Labute approximate surface area is 236 Å². The molecule has 40 heavy (non-hydrogen) atoms. The zero-order valence-corrected chi connectivity index (χ0v) is 24.5. The molecule has 0 aromatic heterocycles. The van der Waals surface area contributed by atoms with E-state index in [9.17, 15) is 27.6 Å². The van der Waals surface area contributed by atoms with Crippen molar-refractivity contribution in [2.75, 3.05) is 13.1 Å². The highest BCUT2D eigenvalue weighted by Gasteiger charge is 2.64. The van der Waals surface area contributed by atoms with E-state index in [0.29, 0.717) is 49.5 Å². The number of fused-ring (bicyclic) bond motifs is 2. The molecule has 3 fully saturated rings. The number of carbonyl (C=O) groups excluding carboxylic acids is 4. The van der Waals surface area contributed by atoms with Crippen molar-refractivity contribution < 1.29 is 32.3 Å². The van der Waals surface area contributed by atoms with E-state index in [1.165, 1.54) is 4.90 Å². The molecule has 12 nitrogen and oxygen atoms in total. The van der Waals surface area contributed by atoms with E-state index in [2.05, 4.69) is 10.0 Å². The number of allylic oxidation sites excluding steroid dienone is 1. The lowest BCUT2D eigenvalue weighted by molar-refractivity contribution is -0.142. The molecule has 0 aromatic carbocycles. The van der Waals surface area contributed by atoms with Gasteiger partial charge >= 0.3 is 12.1 Å². The Morgan fingerprint density at radius 1 is 1.15 bits per heavy atom. The van der Waals surface area contributed by atoms with Gasteiger partial charge in [-0.25, -0.2) is 27.6 Å². The maximum absolute atomic E-state index is 13.9. The highest BCUT2D eigenvalue weighted by molar-refractivity contribution is 7.91. The van der Waals surface area contributed by atoms with E-state index in [-0.39, 0.29) is 25.3 Å². The number of ether oxygens (including phenoxy) is 1. The van der Waals surface area contributed by atoms with Crippen LogP contribution in [0.25, 0.3) is 0 Å². The third-order valence-electron chi connectivity index (χ3n) is 8.01. The Morgan fingerprint density at radius 3 is 2.52 bits per heavy atom. The maximum Gasteiger partial charge on any atom is 0.419 e. The molecule has 2 heterocycles. The lowest BCUT2D eigenvalue weighted by atomic mass is 10.0. The van der Waals surface area contributed by atoms with Gasteiger partial charge in [-0.3, -0.25) is 9.59 Å². The molecule has 2 aliphatic heterocycles. The van der Waals surface area contributed by atoms with Crippen LogP contribution in [0, 0.1) is 11.8 Å². The van der Waals surface area contributed by atoms with Crippen molar-refractivity contribution in [3.05, 3.63) is 12.2 Å². The van der Waals surface area contributed by atoms with Crippen molar-refractivity contribution in [1.82, 2.24) is 19.8 Å². The first kappa shape index (κ1) is 30.3. The quantitative estimate of drug-likeness (QED) is 0.419. The lowest BCUT2D eigenvalue weighted by Gasteiger charge is -2.34. The third-order valence-corrected chi connectivity index (χ3v) is 10.1. The predicted octanol–water partition coefficient (Wildman–Crippen LogP) is 2.34. The molecule has 0 unspecified atom stereocenters. The zero-order valence-electron chi connectivity index (χ0n) is 23.7. The molecular weight excluding hydrogens is 538 g/mol. The first-order chi connectivity index (χ1) is 18.8. The van der Waals surface area contributed by atoms with Crippen LogP contribution in [0.2, 0.25) is 0 Å². The van der Waals surface area contributed by atoms with Gasteiger partial charge in [0.2, 0.25) is 21.8 Å². The average molecular weight is 582 g/mol. The molecule has 0 bridgehead atoms. The Bertz CT molecular complexity index is 1150. The van der Waals surface area contributed by atoms with Crippen LogP contribution in [0.3, 0.4) is 0 Å². The second kappa shape index (κ2) is 11.7. The van der Waals surface area contributed by atoms with Gasteiger partial charge in [0, 0.05) is 19.0 Å². The molecule has 13 heteroatoms. The second-order valence-electron chi connectivity index (χ2n) is 12.4. The van der Waals surface area contributed by atoms with E-state index in [0.717, 1.165) is 19.3 Å². The maximum atomic E-state index is 13.9. The number of urea groups is 1. The second-order valence-corrected chi connectivity index (χ2v) is 14.5. The smallest absolute Gasteiger partial charge is 0.419 e. The Kier molecular flexibility index (Phi) is 8.84. The van der Waals surface area contributed by atoms with Gasteiger partial charge in [-0.15, -0.1) is 0 Å². The van der Waals surface area contributed by atoms with Crippen molar-refractivity contribution in [2.24, 2.45) is 17.6 Å². The molecule has 0 radical (unpaired) electrons. The summed E-state index contributed by atoms with van der Waals surface area (Å²) in [5.74, 6) is -1.18. The molecule has 4 atom stereocenters. The summed E-state index contributed by atoms with van der Waals surface area (Å²) in [5, 5.41) is 2.80. The fourth-order valence-electron chi connectivity index (χ4n) is 5.56. The van der Waals surface area contributed by atoms with E-state index in [1.807, 2.05) is 12.2 Å². The van der Waals surface area contributed by atoms with Crippen LogP contribution in [0.1, 0.15) is 85.0 Å². The van der Waals surface area contributed by atoms with Gasteiger partial charge in [-0.1, -0.05) is 25.0 Å². The van der Waals surface area contributed by atoms with Crippen LogP contribution in [0.5, 0.6) is 0 Å². The molecule has 5 amide bonds. The standard InChI is InChI=1S/C27H43N5O7S/c1-26(2,3)39-25(36)32(24(28)35)21-11-8-6-4-5-7-10-19-16-27(19,40(37,38)29-17-18-13-14-18)30-22(33)20-12-9-15-31(20)23(21)34/h7,10,18-21,29H,4-6,8-9,11-17H2,1-3H3,(H2,28,35)(H,30,33)/b10-7-/t19-,20+,21+,27-/m1/s1. The monoisotopic (exact) mass is 581 g/mol. The summed E-state index contributed by atoms with van der Waals surface area (Å²) in [7, 11) is -3.88. The molecule has 224 valence electrons. The lowest BCUT2D eigenvalue weighted by Crippen LogP contribution is -2.59. The van der Waals surface area contributed by atoms with Gasteiger partial charge in [-0.2, -0.15) is 0 Å². The summed E-state index contributed by atoms with van der Waals surface area (Å²) in [5.41, 5.74) is 4.67. The van der Waals surface area contributed by atoms with Crippen LogP contribution >= 0.6 is 0 Å². The third kappa shape index (κ3) is 6.79. The number of amides is 5. The summed E-state index contributed by atoms with van der Waals surface area (Å²) >= 11 is 0. The Morgan fingerprint density at radius 2 is 1.88 bits per heavy atom. The number of primary amides is 1. The van der Waals surface area contributed by atoms with E-state index < -0.39 is 56.5 Å². The van der Waals surface area contributed by atoms with E-state index in [1.54, 1.807) is 20.8 Å². The van der Waals surface area contributed by atoms with Gasteiger partial charge in [0.25, 0.3) is 0 Å². The highest BCUT2D eigenvalue weighted by atomic mass is 32.2. The number of nitrogens with zero attached hydrogens (tertiary/aromatic N) is 2. The molecule has 1 saturated heterocycles. The minimum absolute atomic E-state index is 0.168. The number of hydrogen-bond donors (Lipinski definition) is 3. The van der Waals surface area contributed by atoms with Crippen molar-refractivity contribution in [3.63, 3.8) is 0 Å². The summed E-state index contributed by atoms with van der Waals surface area (Å²) in [4.78, 5) is 53.6. The molecule has 2 aliphatic carbocycles. The molecule has 0 aromatic rings. The number of nitrogens with two attached hydrogens (primary N) is 1. The van der Waals surface area contributed by atoms with Crippen LogP contribution in [0.4, 0.5) is 9.59 Å². The number of imide groups is 1. The molecule has 4 aliphatic rings. The molecule has 4 N–H and O–H groups in total. The number of carbonyl (C=O) groups is 4. The molecule has 0 spiro atoms. The summed E-state index contributed by atoms with van der Waals surface area (Å²) in [6, 6.07) is -3.29. The number of rotatable bonds is 5. The first-order valence-corrected chi connectivity index (χ1v) is 15.8. The SMILES string of the molecule is CC(C)(C)OC(=O)N(C(N)=O)[C@H]1CCCCC/C=C\[C@@H]2C[C@]2(S(=O)(=O)NCC2CC2)NC(=O)[C@@H]2CCCN2C1=O. The van der Waals surface area contributed by atoms with E-state index in [4.69, 9.17) is 10.5 Å². The highest BCUT2D eigenvalue weighted by Crippen LogP contribution is 2.49. The fraction of sp³-hybridized carbons (Fsp3) is 0.778. The molecule has 2 saturated carbocycles.